The van der Waals surface area contributed by atoms with Gasteiger partial charge in [0.25, 0.3) is 0 Å². The Morgan fingerprint density at radius 3 is 2.38 bits per heavy atom. The second-order valence-electron chi connectivity index (χ2n) is 3.95. The van der Waals surface area contributed by atoms with E-state index in [4.69, 9.17) is 4.74 Å². The number of nitrogens with zero attached hydrogens (tertiary/aromatic N) is 1. The molecule has 0 rings (SSSR count). The number of carbonyl (C=O) groups is 1. The molecule has 94 valence electrons. The van der Waals surface area contributed by atoms with Gasteiger partial charge in [0.1, 0.15) is 13.1 Å². The first-order valence-corrected chi connectivity index (χ1v) is 5.54. The van der Waals surface area contributed by atoms with Gasteiger partial charge in [0.05, 0.1) is 6.61 Å². The number of esters is 1. The number of hydrogen-bond donors (Lipinski definition) is 2. The van der Waals surface area contributed by atoms with Crippen molar-refractivity contribution in [2.45, 2.75) is 33.1 Å². The molecular weight excluding hydrogens is 210 g/mol. The van der Waals surface area contributed by atoms with Crippen molar-refractivity contribution in [2.24, 2.45) is 0 Å². The van der Waals surface area contributed by atoms with Crippen LogP contribution in [0.15, 0.2) is 12.2 Å². The molecule has 0 spiro atoms. The Labute approximate surface area is 96.4 Å². The lowest BCUT2D eigenvalue weighted by atomic mass is 10.3. The van der Waals surface area contributed by atoms with Crippen molar-refractivity contribution in [3.05, 3.63) is 12.2 Å². The maximum atomic E-state index is 11.0. The van der Waals surface area contributed by atoms with Gasteiger partial charge in [0.2, 0.25) is 0 Å². The van der Waals surface area contributed by atoms with E-state index in [-0.39, 0.29) is 13.2 Å². The first-order valence-electron chi connectivity index (χ1n) is 5.54. The number of ether oxygens (including phenoxy) is 1. The summed E-state index contributed by atoms with van der Waals surface area (Å²) in [5.74, 6) is -0.442. The van der Waals surface area contributed by atoms with Crippen LogP contribution in [0.3, 0.4) is 0 Å². The fourth-order valence-corrected chi connectivity index (χ4v) is 1.13. The Hall–Kier alpha value is -0.910. The largest absolute Gasteiger partial charge is 0.462 e. The summed E-state index contributed by atoms with van der Waals surface area (Å²) < 4.78 is 4.83. The zero-order chi connectivity index (χ0) is 12.6. The first-order chi connectivity index (χ1) is 7.39. The smallest absolute Gasteiger partial charge is 0.333 e. The van der Waals surface area contributed by atoms with Gasteiger partial charge in [-0.3, -0.25) is 0 Å². The predicted molar refractivity (Wildman–Crippen MR) is 58.9 cm³/mol. The highest BCUT2D eigenvalue weighted by atomic mass is 16.8. The number of quaternary nitrogens is 1. The van der Waals surface area contributed by atoms with Crippen LogP contribution in [0.25, 0.3) is 0 Å². The quantitative estimate of drug-likeness (QED) is 0.220. The van der Waals surface area contributed by atoms with E-state index in [9.17, 15) is 15.2 Å². The number of hydrogen-bond acceptors (Lipinski definition) is 4. The molecule has 0 amide bonds. The Kier molecular flexibility index (Phi) is 6.96. The second-order valence-corrected chi connectivity index (χ2v) is 3.95. The van der Waals surface area contributed by atoms with E-state index in [0.29, 0.717) is 18.5 Å². The number of unbranched alkanes of at least 4 members (excludes halogenated alkanes) is 1. The van der Waals surface area contributed by atoms with Gasteiger partial charge in [-0.25, -0.2) is 4.79 Å². The van der Waals surface area contributed by atoms with E-state index in [0.717, 1.165) is 12.8 Å². The van der Waals surface area contributed by atoms with Gasteiger partial charge in [0.15, 0.2) is 0 Å². The van der Waals surface area contributed by atoms with Crippen LogP contribution in [0.1, 0.15) is 33.1 Å². The molecule has 5 nitrogen and oxygen atoms in total. The molecule has 0 unspecified atom stereocenters. The molecule has 0 saturated heterocycles. The Morgan fingerprint density at radius 2 is 1.88 bits per heavy atom. The molecule has 0 aliphatic rings. The SMILES string of the molecule is C=C(C)C(=O)OCCC[N+](O)(O)CCCC. The minimum atomic E-state index is -1.00. The fourth-order valence-electron chi connectivity index (χ4n) is 1.13. The van der Waals surface area contributed by atoms with Crippen LogP contribution in [-0.4, -0.2) is 40.9 Å². The van der Waals surface area contributed by atoms with Gasteiger partial charge in [-0.1, -0.05) is 19.9 Å². The first kappa shape index (κ1) is 15.1. The van der Waals surface area contributed by atoms with Gasteiger partial charge >= 0.3 is 5.97 Å². The molecule has 0 atom stereocenters. The summed E-state index contributed by atoms with van der Waals surface area (Å²) >= 11 is 0. The standard InChI is InChI=1S/C11H22NO4/c1-4-5-7-12(14,15)8-6-9-16-11(13)10(2)3/h14-15H,2,4-9H2,1,3H3/q+1. The summed E-state index contributed by atoms with van der Waals surface area (Å²) in [5.41, 5.74) is 0.347. The molecule has 0 aromatic heterocycles. The van der Waals surface area contributed by atoms with Crippen LogP contribution in [0, 0.1) is 0 Å². The molecule has 0 bridgehead atoms. The highest BCUT2D eigenvalue weighted by Gasteiger charge is 2.21. The highest BCUT2D eigenvalue weighted by molar-refractivity contribution is 5.86. The van der Waals surface area contributed by atoms with Crippen molar-refractivity contribution in [1.82, 2.24) is 0 Å². The van der Waals surface area contributed by atoms with Gasteiger partial charge in [-0.05, 0) is 11.7 Å². The van der Waals surface area contributed by atoms with E-state index < -0.39 is 10.8 Å². The van der Waals surface area contributed by atoms with E-state index >= 15 is 0 Å². The van der Waals surface area contributed by atoms with Crippen LogP contribution in [0.5, 0.6) is 0 Å². The summed E-state index contributed by atoms with van der Waals surface area (Å²) in [6, 6.07) is 0. The lowest BCUT2D eigenvalue weighted by Gasteiger charge is -2.20. The predicted octanol–water partition coefficient (Wildman–Crippen LogP) is 1.89. The normalized spacial score (nSPS) is 11.2. The van der Waals surface area contributed by atoms with Gasteiger partial charge in [-0.2, -0.15) is 10.4 Å². The summed E-state index contributed by atoms with van der Waals surface area (Å²) in [4.78, 5) is 9.99. The maximum Gasteiger partial charge on any atom is 0.333 e. The van der Waals surface area contributed by atoms with E-state index in [1.165, 1.54) is 0 Å². The van der Waals surface area contributed by atoms with Crippen molar-refractivity contribution in [3.8, 4) is 0 Å². The van der Waals surface area contributed by atoms with E-state index in [1.54, 1.807) is 6.92 Å². The summed E-state index contributed by atoms with van der Waals surface area (Å²) in [5, 5.41) is 18.9. The zero-order valence-electron chi connectivity index (χ0n) is 10.1. The number of hydroxylamine groups is 4. The van der Waals surface area contributed by atoms with Crippen LogP contribution in [0.2, 0.25) is 0 Å². The average molecular weight is 232 g/mol. The zero-order valence-corrected chi connectivity index (χ0v) is 10.1. The third kappa shape index (κ3) is 7.39. The van der Waals surface area contributed by atoms with Crippen molar-refractivity contribution >= 4 is 5.97 Å². The van der Waals surface area contributed by atoms with Gasteiger partial charge in [-0.15, -0.1) is 0 Å². The summed E-state index contributed by atoms with van der Waals surface area (Å²) in [6.45, 7) is 7.63. The van der Waals surface area contributed by atoms with Crippen molar-refractivity contribution in [3.63, 3.8) is 0 Å². The molecule has 5 heteroatoms. The molecule has 0 saturated carbocycles. The lowest BCUT2D eigenvalue weighted by molar-refractivity contribution is -1.24. The topological polar surface area (TPSA) is 66.8 Å². The highest BCUT2D eigenvalue weighted by Crippen LogP contribution is 2.03. The fraction of sp³-hybridized carbons (Fsp3) is 0.727. The second kappa shape index (κ2) is 7.38. The third-order valence-corrected chi connectivity index (χ3v) is 2.11. The van der Waals surface area contributed by atoms with Crippen LogP contribution in [-0.2, 0) is 9.53 Å². The molecule has 0 radical (unpaired) electrons. The third-order valence-electron chi connectivity index (χ3n) is 2.11. The minimum Gasteiger partial charge on any atom is -0.462 e. The maximum absolute atomic E-state index is 11.0. The van der Waals surface area contributed by atoms with Crippen LogP contribution < -0.4 is 0 Å². The van der Waals surface area contributed by atoms with Crippen molar-refractivity contribution in [2.75, 3.05) is 19.7 Å². The number of carbonyl (C=O) groups excluding carboxylic acids is 1. The Balaban J connectivity index is 3.64. The molecule has 0 heterocycles. The van der Waals surface area contributed by atoms with E-state index in [2.05, 4.69) is 6.58 Å². The average Bonchev–Trinajstić information content (AvgIpc) is 2.21. The molecule has 16 heavy (non-hydrogen) atoms. The molecule has 0 aliphatic carbocycles. The Morgan fingerprint density at radius 1 is 1.31 bits per heavy atom. The van der Waals surface area contributed by atoms with Crippen molar-refractivity contribution < 1.29 is 24.8 Å². The molecular formula is C11H22NO4+. The van der Waals surface area contributed by atoms with Gasteiger partial charge < -0.3 is 4.74 Å². The lowest BCUT2D eigenvalue weighted by Crippen LogP contribution is -2.43. The molecule has 0 aliphatic heterocycles. The van der Waals surface area contributed by atoms with Crippen LogP contribution >= 0.6 is 0 Å². The summed E-state index contributed by atoms with van der Waals surface area (Å²) in [7, 11) is 0. The van der Waals surface area contributed by atoms with Crippen molar-refractivity contribution in [1.29, 1.82) is 0 Å². The number of rotatable bonds is 8. The Bertz CT molecular complexity index is 238. The van der Waals surface area contributed by atoms with Gasteiger partial charge in [0, 0.05) is 18.4 Å². The molecule has 0 fully saturated rings. The monoisotopic (exact) mass is 232 g/mol. The van der Waals surface area contributed by atoms with Crippen LogP contribution in [0.4, 0.5) is 0 Å². The molecule has 0 aromatic rings. The minimum absolute atomic E-state index is 0.156. The summed E-state index contributed by atoms with van der Waals surface area (Å²) in [6.07, 6.45) is 2.07. The molecule has 0 aromatic carbocycles. The van der Waals surface area contributed by atoms with E-state index in [1.807, 2.05) is 6.92 Å². The molecule has 2 N–H and O–H groups in total.